The standard InChI is InChI=1S/C9H11O2/c1-2-4-7-8(10)5-3-6-9(7)11/h3,5,10-11H,2,4H2,1H3. The molecule has 1 radical (unpaired) electrons. The van der Waals surface area contributed by atoms with Crippen LogP contribution in [0.4, 0.5) is 0 Å². The van der Waals surface area contributed by atoms with Gasteiger partial charge in [0.05, 0.1) is 0 Å². The quantitative estimate of drug-likeness (QED) is 0.677. The lowest BCUT2D eigenvalue weighted by molar-refractivity contribution is 0.437. The van der Waals surface area contributed by atoms with E-state index in [0.717, 1.165) is 6.42 Å². The monoisotopic (exact) mass is 151 g/mol. The minimum absolute atomic E-state index is 0.0619. The van der Waals surface area contributed by atoms with Gasteiger partial charge in [-0.2, -0.15) is 0 Å². The number of phenolic OH excluding ortho intramolecular Hbond substituents is 2. The largest absolute Gasteiger partial charge is 0.508 e. The van der Waals surface area contributed by atoms with Crippen LogP contribution < -0.4 is 0 Å². The van der Waals surface area contributed by atoms with Crippen molar-refractivity contribution in [2.24, 2.45) is 0 Å². The third-order valence-corrected chi connectivity index (χ3v) is 1.56. The molecule has 1 aromatic carbocycles. The van der Waals surface area contributed by atoms with Crippen LogP contribution >= 0.6 is 0 Å². The van der Waals surface area contributed by atoms with Crippen molar-refractivity contribution in [2.75, 3.05) is 0 Å². The van der Waals surface area contributed by atoms with Crippen molar-refractivity contribution in [3.05, 3.63) is 23.8 Å². The average Bonchev–Trinajstić information content (AvgIpc) is 1.97. The lowest BCUT2D eigenvalue weighted by atomic mass is 10.1. The predicted octanol–water partition coefficient (Wildman–Crippen LogP) is 1.85. The highest BCUT2D eigenvalue weighted by Crippen LogP contribution is 2.26. The van der Waals surface area contributed by atoms with Crippen molar-refractivity contribution in [1.82, 2.24) is 0 Å². The molecular weight excluding hydrogens is 140 g/mol. The van der Waals surface area contributed by atoms with Gasteiger partial charge in [-0.05, 0) is 18.6 Å². The Bertz CT molecular complexity index is 223. The molecule has 2 nitrogen and oxygen atoms in total. The molecule has 2 heteroatoms. The molecule has 0 bridgehead atoms. The molecule has 0 saturated heterocycles. The lowest BCUT2D eigenvalue weighted by Crippen LogP contribution is -1.84. The third-order valence-electron chi connectivity index (χ3n) is 1.56. The fourth-order valence-electron chi connectivity index (χ4n) is 1.01. The molecule has 0 unspecified atom stereocenters. The summed E-state index contributed by atoms with van der Waals surface area (Å²) >= 11 is 0. The molecule has 0 saturated carbocycles. The van der Waals surface area contributed by atoms with E-state index in [4.69, 9.17) is 0 Å². The predicted molar refractivity (Wildman–Crippen MR) is 42.6 cm³/mol. The number of phenols is 2. The summed E-state index contributed by atoms with van der Waals surface area (Å²) < 4.78 is 0. The first-order valence-electron chi connectivity index (χ1n) is 3.67. The molecule has 0 amide bonds. The number of benzene rings is 1. The van der Waals surface area contributed by atoms with Crippen molar-refractivity contribution in [3.8, 4) is 11.5 Å². The van der Waals surface area contributed by atoms with Gasteiger partial charge in [0.25, 0.3) is 0 Å². The first-order chi connectivity index (χ1) is 5.25. The molecule has 0 aliphatic heterocycles. The fraction of sp³-hybridized carbons (Fsp3) is 0.333. The van der Waals surface area contributed by atoms with Gasteiger partial charge in [0.2, 0.25) is 0 Å². The van der Waals surface area contributed by atoms with Gasteiger partial charge in [-0.3, -0.25) is 0 Å². The first kappa shape index (κ1) is 7.92. The summed E-state index contributed by atoms with van der Waals surface area (Å²) in [5.74, 6) is 0.218. The minimum atomic E-state index is 0.0619. The smallest absolute Gasteiger partial charge is 0.130 e. The van der Waals surface area contributed by atoms with E-state index in [1.54, 1.807) is 0 Å². The molecule has 0 aromatic heterocycles. The summed E-state index contributed by atoms with van der Waals surface area (Å²) in [6.45, 7) is 1.99. The van der Waals surface area contributed by atoms with Gasteiger partial charge >= 0.3 is 0 Å². The van der Waals surface area contributed by atoms with Crippen molar-refractivity contribution in [2.45, 2.75) is 19.8 Å². The Kier molecular flexibility index (Phi) is 2.36. The lowest BCUT2D eigenvalue weighted by Gasteiger charge is -2.03. The van der Waals surface area contributed by atoms with Crippen LogP contribution in [0.5, 0.6) is 11.5 Å². The molecule has 1 rings (SSSR count). The molecule has 0 aliphatic carbocycles. The summed E-state index contributed by atoms with van der Waals surface area (Å²) in [6, 6.07) is 5.66. The highest BCUT2D eigenvalue weighted by molar-refractivity contribution is 5.42. The number of hydrogen-bond acceptors (Lipinski definition) is 2. The zero-order valence-electron chi connectivity index (χ0n) is 6.46. The van der Waals surface area contributed by atoms with Crippen LogP contribution in [0.15, 0.2) is 12.1 Å². The molecule has 0 spiro atoms. The van der Waals surface area contributed by atoms with E-state index in [0.29, 0.717) is 12.0 Å². The topological polar surface area (TPSA) is 40.5 Å². The molecule has 11 heavy (non-hydrogen) atoms. The normalized spacial score (nSPS) is 9.91. The van der Waals surface area contributed by atoms with Gasteiger partial charge in [0, 0.05) is 11.6 Å². The zero-order chi connectivity index (χ0) is 8.27. The van der Waals surface area contributed by atoms with E-state index in [1.165, 1.54) is 12.1 Å². The Hall–Kier alpha value is -1.18. The van der Waals surface area contributed by atoms with E-state index >= 15 is 0 Å². The van der Waals surface area contributed by atoms with Crippen molar-refractivity contribution >= 4 is 0 Å². The Balaban J connectivity index is 3.00. The second-order valence-electron chi connectivity index (χ2n) is 2.44. The molecule has 59 valence electrons. The summed E-state index contributed by atoms with van der Waals surface area (Å²) in [4.78, 5) is 0. The van der Waals surface area contributed by atoms with E-state index in [-0.39, 0.29) is 11.5 Å². The van der Waals surface area contributed by atoms with Crippen molar-refractivity contribution in [3.63, 3.8) is 0 Å². The molecule has 1 aromatic rings. The van der Waals surface area contributed by atoms with Crippen LogP contribution in [0, 0.1) is 6.07 Å². The zero-order valence-corrected chi connectivity index (χ0v) is 6.46. The van der Waals surface area contributed by atoms with Gasteiger partial charge in [-0.1, -0.05) is 13.3 Å². The van der Waals surface area contributed by atoms with Crippen LogP contribution in [0.25, 0.3) is 0 Å². The van der Waals surface area contributed by atoms with Crippen LogP contribution in [0.1, 0.15) is 18.9 Å². The highest BCUT2D eigenvalue weighted by atomic mass is 16.3. The van der Waals surface area contributed by atoms with Crippen LogP contribution in [-0.2, 0) is 6.42 Å². The SMILES string of the molecule is CCCc1c(O)[c]ccc1O. The second kappa shape index (κ2) is 3.28. The Morgan fingerprint density at radius 1 is 1.45 bits per heavy atom. The summed E-state index contributed by atoms with van der Waals surface area (Å²) in [6.07, 6.45) is 1.59. The molecule has 0 aliphatic rings. The number of hydrogen-bond donors (Lipinski definition) is 2. The average molecular weight is 151 g/mol. The molecular formula is C9H11O2. The minimum Gasteiger partial charge on any atom is -0.508 e. The number of rotatable bonds is 2. The summed E-state index contributed by atoms with van der Waals surface area (Å²) in [7, 11) is 0. The molecule has 0 heterocycles. The maximum atomic E-state index is 9.24. The highest BCUT2D eigenvalue weighted by Gasteiger charge is 2.04. The maximum absolute atomic E-state index is 9.24. The number of aromatic hydroxyl groups is 2. The Labute approximate surface area is 66.1 Å². The van der Waals surface area contributed by atoms with Gasteiger partial charge in [0.1, 0.15) is 11.5 Å². The van der Waals surface area contributed by atoms with Gasteiger partial charge < -0.3 is 10.2 Å². The van der Waals surface area contributed by atoms with Gasteiger partial charge in [-0.15, -0.1) is 0 Å². The van der Waals surface area contributed by atoms with E-state index in [1.807, 2.05) is 6.92 Å². The summed E-state index contributed by atoms with van der Waals surface area (Å²) in [5.41, 5.74) is 0.593. The van der Waals surface area contributed by atoms with Gasteiger partial charge in [0.15, 0.2) is 0 Å². The van der Waals surface area contributed by atoms with Crippen molar-refractivity contribution < 1.29 is 10.2 Å². The summed E-state index contributed by atoms with van der Waals surface area (Å²) in [5, 5.41) is 18.4. The Morgan fingerprint density at radius 2 is 2.18 bits per heavy atom. The molecule has 0 fully saturated rings. The van der Waals surface area contributed by atoms with Gasteiger partial charge in [-0.25, -0.2) is 0 Å². The van der Waals surface area contributed by atoms with Crippen LogP contribution in [0.3, 0.4) is 0 Å². The van der Waals surface area contributed by atoms with Crippen molar-refractivity contribution in [1.29, 1.82) is 0 Å². The molecule has 2 N–H and O–H groups in total. The van der Waals surface area contributed by atoms with Crippen LogP contribution in [-0.4, -0.2) is 10.2 Å². The first-order valence-corrected chi connectivity index (χ1v) is 3.67. The molecule has 0 atom stereocenters. The van der Waals surface area contributed by atoms with Crippen LogP contribution in [0.2, 0.25) is 0 Å². The van der Waals surface area contributed by atoms with E-state index in [9.17, 15) is 10.2 Å². The third kappa shape index (κ3) is 1.64. The van der Waals surface area contributed by atoms with E-state index < -0.39 is 0 Å². The van der Waals surface area contributed by atoms with E-state index in [2.05, 4.69) is 6.07 Å². The Morgan fingerprint density at radius 3 is 2.73 bits per heavy atom. The second-order valence-corrected chi connectivity index (χ2v) is 2.44. The fourth-order valence-corrected chi connectivity index (χ4v) is 1.01. The maximum Gasteiger partial charge on any atom is 0.130 e.